The third-order valence-electron chi connectivity index (χ3n) is 1.99. The fraction of sp³-hybridized carbons (Fsp3) is 0.300. The third kappa shape index (κ3) is 2.57. The Morgan fingerprint density at radius 3 is 2.73 bits per heavy atom. The van der Waals surface area contributed by atoms with Gasteiger partial charge in [-0.3, -0.25) is 4.98 Å². The highest BCUT2D eigenvalue weighted by atomic mass is 32.1. The number of aromatic nitrogens is 3. The summed E-state index contributed by atoms with van der Waals surface area (Å²) in [6.07, 6.45) is 5.40. The normalized spacial score (nSPS) is 10.5. The summed E-state index contributed by atoms with van der Waals surface area (Å²) >= 11 is 1.62. The molecule has 2 heterocycles. The summed E-state index contributed by atoms with van der Waals surface area (Å²) in [5.74, 6) is 0. The fourth-order valence-corrected chi connectivity index (χ4v) is 2.11. The van der Waals surface area contributed by atoms with E-state index in [1.54, 1.807) is 23.7 Å². The van der Waals surface area contributed by atoms with E-state index in [0.717, 1.165) is 28.4 Å². The Hall–Kier alpha value is -1.33. The van der Waals surface area contributed by atoms with Crippen LogP contribution >= 0.6 is 11.3 Å². The SMILES string of the molecule is NCCCc1nnc(-c2ccncc2)s1. The van der Waals surface area contributed by atoms with Crippen molar-refractivity contribution in [2.75, 3.05) is 6.54 Å². The average molecular weight is 220 g/mol. The molecule has 0 unspecified atom stereocenters. The molecule has 2 aromatic heterocycles. The van der Waals surface area contributed by atoms with Crippen molar-refractivity contribution in [1.29, 1.82) is 0 Å². The van der Waals surface area contributed by atoms with Crippen molar-refractivity contribution in [1.82, 2.24) is 15.2 Å². The monoisotopic (exact) mass is 220 g/mol. The number of pyridine rings is 1. The van der Waals surface area contributed by atoms with E-state index in [0.29, 0.717) is 6.54 Å². The molecule has 0 amide bonds. The minimum Gasteiger partial charge on any atom is -0.330 e. The van der Waals surface area contributed by atoms with Crippen molar-refractivity contribution in [2.45, 2.75) is 12.8 Å². The fourth-order valence-electron chi connectivity index (χ4n) is 1.22. The molecule has 0 aromatic carbocycles. The number of hydrogen-bond donors (Lipinski definition) is 1. The Balaban J connectivity index is 2.14. The molecule has 2 N–H and O–H groups in total. The van der Waals surface area contributed by atoms with Crippen LogP contribution in [-0.4, -0.2) is 21.7 Å². The van der Waals surface area contributed by atoms with Crippen molar-refractivity contribution >= 4 is 11.3 Å². The molecular formula is C10H12N4S. The Morgan fingerprint density at radius 1 is 1.20 bits per heavy atom. The van der Waals surface area contributed by atoms with E-state index >= 15 is 0 Å². The van der Waals surface area contributed by atoms with Crippen molar-refractivity contribution < 1.29 is 0 Å². The number of nitrogens with zero attached hydrogens (tertiary/aromatic N) is 3. The number of rotatable bonds is 4. The lowest BCUT2D eigenvalue weighted by Gasteiger charge is -1.91. The zero-order valence-electron chi connectivity index (χ0n) is 8.26. The maximum absolute atomic E-state index is 5.44. The maximum atomic E-state index is 5.44. The second-order valence-corrected chi connectivity index (χ2v) is 4.19. The van der Waals surface area contributed by atoms with Gasteiger partial charge < -0.3 is 5.73 Å². The summed E-state index contributed by atoms with van der Waals surface area (Å²) in [5.41, 5.74) is 6.51. The molecule has 0 saturated heterocycles. The molecule has 0 aliphatic rings. The van der Waals surface area contributed by atoms with Gasteiger partial charge in [0.25, 0.3) is 0 Å². The van der Waals surface area contributed by atoms with E-state index in [1.807, 2.05) is 12.1 Å². The van der Waals surface area contributed by atoms with Gasteiger partial charge >= 0.3 is 0 Å². The van der Waals surface area contributed by atoms with Gasteiger partial charge in [-0.2, -0.15) is 0 Å². The van der Waals surface area contributed by atoms with Gasteiger partial charge in [0.2, 0.25) is 0 Å². The highest BCUT2D eigenvalue weighted by Gasteiger charge is 2.05. The predicted octanol–water partition coefficient (Wildman–Crippen LogP) is 1.49. The molecule has 0 radical (unpaired) electrons. The summed E-state index contributed by atoms with van der Waals surface area (Å²) in [7, 11) is 0. The van der Waals surface area contributed by atoms with Crippen LogP contribution in [0.2, 0.25) is 0 Å². The minimum absolute atomic E-state index is 0.699. The van der Waals surface area contributed by atoms with Crippen LogP contribution in [0.3, 0.4) is 0 Å². The summed E-state index contributed by atoms with van der Waals surface area (Å²) < 4.78 is 0. The number of aryl methyl sites for hydroxylation is 1. The molecule has 4 nitrogen and oxygen atoms in total. The van der Waals surface area contributed by atoms with Crippen LogP contribution in [0.5, 0.6) is 0 Å². The molecule has 0 bridgehead atoms. The van der Waals surface area contributed by atoms with E-state index < -0.39 is 0 Å². The highest BCUT2D eigenvalue weighted by Crippen LogP contribution is 2.22. The van der Waals surface area contributed by atoms with E-state index in [2.05, 4.69) is 15.2 Å². The van der Waals surface area contributed by atoms with E-state index in [-0.39, 0.29) is 0 Å². The smallest absolute Gasteiger partial charge is 0.147 e. The van der Waals surface area contributed by atoms with Crippen LogP contribution in [0, 0.1) is 0 Å². The Bertz CT molecular complexity index is 412. The van der Waals surface area contributed by atoms with Gasteiger partial charge in [-0.15, -0.1) is 10.2 Å². The van der Waals surface area contributed by atoms with Gasteiger partial charge in [0, 0.05) is 24.4 Å². The van der Waals surface area contributed by atoms with Crippen molar-refractivity contribution in [3.63, 3.8) is 0 Å². The first-order valence-electron chi connectivity index (χ1n) is 4.83. The second-order valence-electron chi connectivity index (χ2n) is 3.13. The van der Waals surface area contributed by atoms with E-state index in [1.165, 1.54) is 0 Å². The van der Waals surface area contributed by atoms with Crippen LogP contribution < -0.4 is 5.73 Å². The molecule has 78 valence electrons. The van der Waals surface area contributed by atoms with Crippen LogP contribution in [0.15, 0.2) is 24.5 Å². The van der Waals surface area contributed by atoms with Crippen LogP contribution in [0.25, 0.3) is 10.6 Å². The molecule has 5 heteroatoms. The van der Waals surface area contributed by atoms with Crippen LogP contribution in [0.1, 0.15) is 11.4 Å². The average Bonchev–Trinajstić information content (AvgIpc) is 2.76. The largest absolute Gasteiger partial charge is 0.330 e. The predicted molar refractivity (Wildman–Crippen MR) is 60.5 cm³/mol. The molecule has 0 spiro atoms. The molecule has 2 rings (SSSR count). The summed E-state index contributed by atoms with van der Waals surface area (Å²) in [5, 5.41) is 10.3. The molecule has 0 fully saturated rings. The Morgan fingerprint density at radius 2 is 2.00 bits per heavy atom. The lowest BCUT2D eigenvalue weighted by molar-refractivity contribution is 0.812. The molecule has 2 aromatic rings. The first-order valence-corrected chi connectivity index (χ1v) is 5.64. The third-order valence-corrected chi connectivity index (χ3v) is 3.02. The van der Waals surface area contributed by atoms with Gasteiger partial charge in [-0.25, -0.2) is 0 Å². The molecule has 0 atom stereocenters. The zero-order valence-corrected chi connectivity index (χ0v) is 9.07. The van der Waals surface area contributed by atoms with E-state index in [9.17, 15) is 0 Å². The second kappa shape index (κ2) is 4.95. The molecular weight excluding hydrogens is 208 g/mol. The Kier molecular flexibility index (Phi) is 3.37. The lowest BCUT2D eigenvalue weighted by atomic mass is 10.3. The zero-order chi connectivity index (χ0) is 10.5. The van der Waals surface area contributed by atoms with Crippen molar-refractivity contribution in [3.05, 3.63) is 29.5 Å². The summed E-state index contributed by atoms with van der Waals surface area (Å²) in [6.45, 7) is 0.699. The van der Waals surface area contributed by atoms with Gasteiger partial charge in [-0.1, -0.05) is 11.3 Å². The maximum Gasteiger partial charge on any atom is 0.147 e. The molecule has 0 aliphatic heterocycles. The van der Waals surface area contributed by atoms with Crippen LogP contribution in [-0.2, 0) is 6.42 Å². The van der Waals surface area contributed by atoms with Gasteiger partial charge in [0.15, 0.2) is 0 Å². The van der Waals surface area contributed by atoms with E-state index in [4.69, 9.17) is 5.73 Å². The molecule has 0 aliphatic carbocycles. The quantitative estimate of drug-likeness (QED) is 0.847. The summed E-state index contributed by atoms with van der Waals surface area (Å²) in [6, 6.07) is 3.88. The first kappa shape index (κ1) is 10.2. The minimum atomic E-state index is 0.699. The highest BCUT2D eigenvalue weighted by molar-refractivity contribution is 7.14. The Labute approximate surface area is 92.2 Å². The van der Waals surface area contributed by atoms with Crippen molar-refractivity contribution in [3.8, 4) is 10.6 Å². The van der Waals surface area contributed by atoms with Gasteiger partial charge in [0.05, 0.1) is 0 Å². The number of nitrogens with two attached hydrogens (primary N) is 1. The van der Waals surface area contributed by atoms with Gasteiger partial charge in [0.1, 0.15) is 10.0 Å². The van der Waals surface area contributed by atoms with Crippen molar-refractivity contribution in [2.24, 2.45) is 5.73 Å². The molecule has 0 saturated carbocycles. The first-order chi connectivity index (χ1) is 7.40. The lowest BCUT2D eigenvalue weighted by Crippen LogP contribution is -1.99. The number of hydrogen-bond acceptors (Lipinski definition) is 5. The van der Waals surface area contributed by atoms with Gasteiger partial charge in [-0.05, 0) is 25.1 Å². The molecule has 15 heavy (non-hydrogen) atoms. The summed E-state index contributed by atoms with van der Waals surface area (Å²) in [4.78, 5) is 3.97. The van der Waals surface area contributed by atoms with Crippen LogP contribution in [0.4, 0.5) is 0 Å². The standard InChI is InChI=1S/C10H12N4S/c11-5-1-2-9-13-14-10(15-9)8-3-6-12-7-4-8/h3-4,6-7H,1-2,5,11H2. The topological polar surface area (TPSA) is 64.7 Å².